The van der Waals surface area contributed by atoms with E-state index >= 15 is 0 Å². The molecule has 3 nitrogen and oxygen atoms in total. The molecular weight excluding hydrogens is 224 g/mol. The fourth-order valence-corrected chi connectivity index (χ4v) is 2.13. The van der Waals surface area contributed by atoms with Gasteiger partial charge in [-0.2, -0.15) is 0 Å². The van der Waals surface area contributed by atoms with Gasteiger partial charge in [0.15, 0.2) is 0 Å². The van der Waals surface area contributed by atoms with E-state index in [0.717, 1.165) is 19.3 Å². The number of nitrogens with two attached hydrogens (primary N) is 2. The summed E-state index contributed by atoms with van der Waals surface area (Å²) in [5, 5.41) is 0. The first-order chi connectivity index (χ1) is 8.23. The lowest BCUT2D eigenvalue weighted by Gasteiger charge is -2.38. The van der Waals surface area contributed by atoms with Crippen molar-refractivity contribution in [2.24, 2.45) is 23.3 Å². The SMILES string of the molecule is CCCC(C)(N)C(C)COC(C)(CC)C(C)CN. The Balaban J connectivity index is 4.45. The third-order valence-electron chi connectivity index (χ3n) is 4.68. The van der Waals surface area contributed by atoms with Gasteiger partial charge >= 0.3 is 0 Å². The quantitative estimate of drug-likeness (QED) is 0.668. The molecule has 0 heterocycles. The predicted molar refractivity (Wildman–Crippen MR) is 79.5 cm³/mol. The molecule has 0 radical (unpaired) electrons. The Morgan fingerprint density at radius 2 is 1.67 bits per heavy atom. The molecule has 0 amide bonds. The standard InChI is InChI=1S/C15H34N2O/c1-7-9-14(5,17)13(4)11-18-15(6,8-2)12(3)10-16/h12-13H,7-11,16-17H2,1-6H3. The summed E-state index contributed by atoms with van der Waals surface area (Å²) in [5.74, 6) is 0.721. The zero-order valence-electron chi connectivity index (χ0n) is 13.3. The van der Waals surface area contributed by atoms with Crippen LogP contribution in [0.1, 0.15) is 60.8 Å². The molecule has 0 fully saturated rings. The number of hydrogen-bond acceptors (Lipinski definition) is 3. The van der Waals surface area contributed by atoms with Crippen LogP contribution in [-0.2, 0) is 4.74 Å². The first kappa shape index (κ1) is 17.9. The van der Waals surface area contributed by atoms with Crippen molar-refractivity contribution in [1.82, 2.24) is 0 Å². The first-order valence-electron chi connectivity index (χ1n) is 7.36. The molecule has 0 aromatic heterocycles. The zero-order valence-corrected chi connectivity index (χ0v) is 13.3. The van der Waals surface area contributed by atoms with Crippen LogP contribution in [0.15, 0.2) is 0 Å². The fourth-order valence-electron chi connectivity index (χ4n) is 2.13. The highest BCUT2D eigenvalue weighted by Gasteiger charge is 2.32. The Hall–Kier alpha value is -0.120. The normalized spacial score (nSPS) is 22.0. The Morgan fingerprint density at radius 3 is 2.06 bits per heavy atom. The van der Waals surface area contributed by atoms with E-state index in [0.29, 0.717) is 25.0 Å². The van der Waals surface area contributed by atoms with Crippen molar-refractivity contribution < 1.29 is 4.74 Å². The maximum atomic E-state index is 6.35. The van der Waals surface area contributed by atoms with Crippen LogP contribution in [0, 0.1) is 11.8 Å². The minimum Gasteiger partial charge on any atom is -0.375 e. The highest BCUT2D eigenvalue weighted by atomic mass is 16.5. The van der Waals surface area contributed by atoms with Crippen LogP contribution in [0.2, 0.25) is 0 Å². The molecule has 110 valence electrons. The Kier molecular flexibility index (Phi) is 7.41. The van der Waals surface area contributed by atoms with Crippen molar-refractivity contribution in [2.45, 2.75) is 71.9 Å². The van der Waals surface area contributed by atoms with Gasteiger partial charge in [0, 0.05) is 5.54 Å². The average Bonchev–Trinajstić information content (AvgIpc) is 2.34. The van der Waals surface area contributed by atoms with Crippen molar-refractivity contribution >= 4 is 0 Å². The smallest absolute Gasteiger partial charge is 0.0689 e. The maximum Gasteiger partial charge on any atom is 0.0689 e. The molecule has 0 aliphatic heterocycles. The molecule has 0 aliphatic rings. The van der Waals surface area contributed by atoms with Crippen molar-refractivity contribution in [3.05, 3.63) is 0 Å². The Bertz CT molecular complexity index is 231. The highest BCUT2D eigenvalue weighted by Crippen LogP contribution is 2.28. The second kappa shape index (κ2) is 7.46. The first-order valence-corrected chi connectivity index (χ1v) is 7.36. The molecule has 0 aromatic rings. The summed E-state index contributed by atoms with van der Waals surface area (Å²) in [7, 11) is 0. The van der Waals surface area contributed by atoms with E-state index in [2.05, 4.69) is 41.5 Å². The molecule has 4 atom stereocenters. The molecule has 0 rings (SSSR count). The summed E-state index contributed by atoms with van der Waals surface area (Å²) >= 11 is 0. The zero-order chi connectivity index (χ0) is 14.4. The molecule has 4 N–H and O–H groups in total. The number of rotatable bonds is 9. The van der Waals surface area contributed by atoms with Crippen molar-refractivity contribution in [3.8, 4) is 0 Å². The molecule has 0 bridgehead atoms. The summed E-state index contributed by atoms with van der Waals surface area (Å²) in [6.45, 7) is 14.3. The van der Waals surface area contributed by atoms with Crippen LogP contribution in [0.25, 0.3) is 0 Å². The van der Waals surface area contributed by atoms with E-state index in [9.17, 15) is 0 Å². The lowest BCUT2D eigenvalue weighted by Crippen LogP contribution is -2.47. The van der Waals surface area contributed by atoms with E-state index < -0.39 is 0 Å². The molecule has 3 heteroatoms. The van der Waals surface area contributed by atoms with Gasteiger partial charge in [-0.25, -0.2) is 0 Å². The lowest BCUT2D eigenvalue weighted by molar-refractivity contribution is -0.0882. The van der Waals surface area contributed by atoms with Gasteiger partial charge in [-0.15, -0.1) is 0 Å². The molecule has 0 aromatic carbocycles. The van der Waals surface area contributed by atoms with E-state index in [4.69, 9.17) is 16.2 Å². The van der Waals surface area contributed by atoms with Gasteiger partial charge in [-0.3, -0.25) is 0 Å². The lowest BCUT2D eigenvalue weighted by atomic mass is 9.83. The van der Waals surface area contributed by atoms with Crippen molar-refractivity contribution in [2.75, 3.05) is 13.2 Å². The van der Waals surface area contributed by atoms with Crippen LogP contribution >= 0.6 is 0 Å². The minimum absolute atomic E-state index is 0.134. The Morgan fingerprint density at radius 1 is 1.11 bits per heavy atom. The largest absolute Gasteiger partial charge is 0.375 e. The molecule has 18 heavy (non-hydrogen) atoms. The molecule has 4 unspecified atom stereocenters. The van der Waals surface area contributed by atoms with Crippen LogP contribution < -0.4 is 11.5 Å². The summed E-state index contributed by atoms with van der Waals surface area (Å²) in [6, 6.07) is 0. The molecular formula is C15H34N2O. The highest BCUT2D eigenvalue weighted by molar-refractivity contribution is 4.86. The van der Waals surface area contributed by atoms with E-state index in [1.54, 1.807) is 0 Å². The third kappa shape index (κ3) is 4.87. The van der Waals surface area contributed by atoms with Crippen LogP contribution in [-0.4, -0.2) is 24.3 Å². The van der Waals surface area contributed by atoms with Crippen molar-refractivity contribution in [1.29, 1.82) is 0 Å². The van der Waals surface area contributed by atoms with Crippen molar-refractivity contribution in [3.63, 3.8) is 0 Å². The van der Waals surface area contributed by atoms with Crippen LogP contribution in [0.3, 0.4) is 0 Å². The molecule has 0 spiro atoms. The van der Waals surface area contributed by atoms with E-state index in [1.807, 2.05) is 0 Å². The summed E-state index contributed by atoms with van der Waals surface area (Å²) < 4.78 is 6.17. The third-order valence-corrected chi connectivity index (χ3v) is 4.68. The maximum absolute atomic E-state index is 6.35. The fraction of sp³-hybridized carbons (Fsp3) is 1.00. The van der Waals surface area contributed by atoms with Gasteiger partial charge in [0.05, 0.1) is 12.2 Å². The molecule has 0 saturated carbocycles. The van der Waals surface area contributed by atoms with E-state index in [1.165, 1.54) is 0 Å². The number of hydrogen-bond donors (Lipinski definition) is 2. The van der Waals surface area contributed by atoms with Crippen LogP contribution in [0.4, 0.5) is 0 Å². The molecule has 0 saturated heterocycles. The number of ether oxygens (including phenoxy) is 1. The second-order valence-electron chi connectivity index (χ2n) is 6.27. The average molecular weight is 258 g/mol. The van der Waals surface area contributed by atoms with Gasteiger partial charge in [-0.1, -0.05) is 34.1 Å². The summed E-state index contributed by atoms with van der Waals surface area (Å²) in [4.78, 5) is 0. The van der Waals surface area contributed by atoms with Gasteiger partial charge in [-0.05, 0) is 45.1 Å². The second-order valence-corrected chi connectivity index (χ2v) is 6.27. The minimum atomic E-state index is -0.143. The predicted octanol–water partition coefficient (Wildman–Crippen LogP) is 2.92. The van der Waals surface area contributed by atoms with Gasteiger partial charge < -0.3 is 16.2 Å². The van der Waals surface area contributed by atoms with Gasteiger partial charge in [0.1, 0.15) is 0 Å². The van der Waals surface area contributed by atoms with E-state index in [-0.39, 0.29) is 11.1 Å². The summed E-state index contributed by atoms with van der Waals surface area (Å²) in [5.41, 5.74) is 11.8. The van der Waals surface area contributed by atoms with Gasteiger partial charge in [0.2, 0.25) is 0 Å². The van der Waals surface area contributed by atoms with Gasteiger partial charge in [0.25, 0.3) is 0 Å². The topological polar surface area (TPSA) is 61.3 Å². The monoisotopic (exact) mass is 258 g/mol. The molecule has 0 aliphatic carbocycles. The Labute approximate surface area is 114 Å². The summed E-state index contributed by atoms with van der Waals surface area (Å²) in [6.07, 6.45) is 3.13. The van der Waals surface area contributed by atoms with Crippen LogP contribution in [0.5, 0.6) is 0 Å².